The van der Waals surface area contributed by atoms with Crippen LogP contribution in [0.25, 0.3) is 0 Å². The molecule has 0 amide bonds. The van der Waals surface area contributed by atoms with Crippen LogP contribution in [0.4, 0.5) is 0 Å². The fourth-order valence-corrected chi connectivity index (χ4v) is 3.16. The molecule has 0 saturated carbocycles. The Bertz CT molecular complexity index is 450. The minimum Gasteiger partial charge on any atom is -0.301 e. The third-order valence-electron chi connectivity index (χ3n) is 3.69. The van der Waals surface area contributed by atoms with Crippen LogP contribution < -0.4 is 0 Å². The maximum Gasteiger partial charge on any atom is 0.0819 e. The number of nitrogens with zero attached hydrogens (tertiary/aromatic N) is 1. The van der Waals surface area contributed by atoms with Gasteiger partial charge in [0.1, 0.15) is 0 Å². The van der Waals surface area contributed by atoms with E-state index in [0.29, 0.717) is 0 Å². The molecular formula is C17H22ClN. The van der Waals surface area contributed by atoms with Gasteiger partial charge in [-0.15, -0.1) is 11.6 Å². The first-order valence-corrected chi connectivity index (χ1v) is 7.25. The molecule has 1 aliphatic carbocycles. The molecule has 0 saturated heterocycles. The molecule has 0 radical (unpaired) electrons. The van der Waals surface area contributed by atoms with Crippen LogP contribution in [-0.4, -0.2) is 29.9 Å². The summed E-state index contributed by atoms with van der Waals surface area (Å²) >= 11 is 6.82. The molecule has 2 rings (SSSR count). The van der Waals surface area contributed by atoms with E-state index in [1.165, 1.54) is 5.56 Å². The number of allylic oxidation sites excluding steroid dienone is 2. The van der Waals surface area contributed by atoms with Crippen LogP contribution in [0, 0.1) is 0 Å². The average molecular weight is 276 g/mol. The highest BCUT2D eigenvalue weighted by atomic mass is 35.5. The van der Waals surface area contributed by atoms with Crippen LogP contribution in [0.1, 0.15) is 18.4 Å². The standard InChI is InChI=1S/C17H22ClN/c1-19(2)16-12-6-7-13-17(16,18)14-8-11-15-9-4-3-5-10-15/h3-7,9-10,12-13,16H,8,11,14H2,1-2H3. The van der Waals surface area contributed by atoms with Gasteiger partial charge in [0, 0.05) is 0 Å². The molecule has 0 heterocycles. The van der Waals surface area contributed by atoms with Crippen molar-refractivity contribution in [3.05, 3.63) is 60.2 Å². The molecule has 2 unspecified atom stereocenters. The van der Waals surface area contributed by atoms with Gasteiger partial charge in [-0.1, -0.05) is 54.6 Å². The predicted molar refractivity (Wildman–Crippen MR) is 83.7 cm³/mol. The Balaban J connectivity index is 1.93. The first kappa shape index (κ1) is 14.4. The van der Waals surface area contributed by atoms with Gasteiger partial charge in [-0.25, -0.2) is 0 Å². The highest BCUT2D eigenvalue weighted by Crippen LogP contribution is 2.33. The molecule has 1 aromatic rings. The van der Waals surface area contributed by atoms with Crippen molar-refractivity contribution in [3.63, 3.8) is 0 Å². The number of aryl methyl sites for hydroxylation is 1. The van der Waals surface area contributed by atoms with Gasteiger partial charge in [0.25, 0.3) is 0 Å². The Kier molecular flexibility index (Phi) is 4.84. The number of hydrogen-bond donors (Lipinski definition) is 0. The second kappa shape index (κ2) is 6.40. The smallest absolute Gasteiger partial charge is 0.0819 e. The lowest BCUT2D eigenvalue weighted by Crippen LogP contribution is -2.44. The van der Waals surface area contributed by atoms with Gasteiger partial charge in [-0.2, -0.15) is 0 Å². The van der Waals surface area contributed by atoms with Gasteiger partial charge in [0.05, 0.1) is 10.9 Å². The molecule has 0 bridgehead atoms. The highest BCUT2D eigenvalue weighted by molar-refractivity contribution is 6.26. The first-order valence-electron chi connectivity index (χ1n) is 6.87. The van der Waals surface area contributed by atoms with Crippen molar-refractivity contribution in [2.75, 3.05) is 14.1 Å². The van der Waals surface area contributed by atoms with E-state index in [0.717, 1.165) is 19.3 Å². The largest absolute Gasteiger partial charge is 0.301 e. The van der Waals surface area contributed by atoms with Gasteiger partial charge in [0.15, 0.2) is 0 Å². The number of rotatable bonds is 5. The van der Waals surface area contributed by atoms with Gasteiger partial charge in [0.2, 0.25) is 0 Å². The van der Waals surface area contributed by atoms with Crippen LogP contribution in [0.15, 0.2) is 54.6 Å². The van der Waals surface area contributed by atoms with Gasteiger partial charge in [-0.3, -0.25) is 0 Å². The van der Waals surface area contributed by atoms with E-state index in [1.807, 2.05) is 0 Å². The van der Waals surface area contributed by atoms with Crippen molar-refractivity contribution in [2.24, 2.45) is 0 Å². The third kappa shape index (κ3) is 3.71. The zero-order valence-electron chi connectivity index (χ0n) is 11.7. The summed E-state index contributed by atoms with van der Waals surface area (Å²) in [5.74, 6) is 0. The van der Waals surface area contributed by atoms with Crippen molar-refractivity contribution in [2.45, 2.75) is 30.2 Å². The Morgan fingerprint density at radius 2 is 1.89 bits per heavy atom. The molecule has 1 nitrogen and oxygen atoms in total. The Labute approximate surface area is 121 Å². The fourth-order valence-electron chi connectivity index (χ4n) is 2.68. The molecule has 1 aromatic carbocycles. The number of benzene rings is 1. The molecule has 0 aromatic heterocycles. The molecule has 0 N–H and O–H groups in total. The first-order chi connectivity index (χ1) is 9.12. The lowest BCUT2D eigenvalue weighted by molar-refractivity contribution is 0.288. The molecule has 0 aliphatic heterocycles. The zero-order valence-corrected chi connectivity index (χ0v) is 12.5. The maximum absolute atomic E-state index is 6.82. The van der Waals surface area contributed by atoms with Crippen LogP contribution in [0.5, 0.6) is 0 Å². The van der Waals surface area contributed by atoms with Gasteiger partial charge in [-0.05, 0) is 38.9 Å². The lowest BCUT2D eigenvalue weighted by atomic mass is 9.88. The van der Waals surface area contributed by atoms with E-state index in [1.54, 1.807) is 0 Å². The zero-order chi connectivity index (χ0) is 13.7. The summed E-state index contributed by atoms with van der Waals surface area (Å²) in [4.78, 5) is 1.92. The normalized spacial score (nSPS) is 26.0. The summed E-state index contributed by atoms with van der Waals surface area (Å²) in [5.41, 5.74) is 1.39. The fraction of sp³-hybridized carbons (Fsp3) is 0.412. The molecule has 19 heavy (non-hydrogen) atoms. The second-order valence-electron chi connectivity index (χ2n) is 5.42. The quantitative estimate of drug-likeness (QED) is 0.733. The topological polar surface area (TPSA) is 3.24 Å². The highest BCUT2D eigenvalue weighted by Gasteiger charge is 2.34. The van der Waals surface area contributed by atoms with Crippen molar-refractivity contribution >= 4 is 11.6 Å². The number of halogens is 1. The number of hydrogen-bond acceptors (Lipinski definition) is 1. The lowest BCUT2D eigenvalue weighted by Gasteiger charge is -2.37. The van der Waals surface area contributed by atoms with Gasteiger partial charge >= 0.3 is 0 Å². The second-order valence-corrected chi connectivity index (χ2v) is 6.12. The van der Waals surface area contributed by atoms with Gasteiger partial charge < -0.3 is 4.90 Å². The summed E-state index contributed by atoms with van der Waals surface area (Å²) in [5, 5.41) is 0. The van der Waals surface area contributed by atoms with Crippen molar-refractivity contribution in [1.29, 1.82) is 0 Å². The van der Waals surface area contributed by atoms with Crippen molar-refractivity contribution < 1.29 is 0 Å². The SMILES string of the molecule is CN(C)C1C=CC=CC1(Cl)CCCc1ccccc1. The predicted octanol–water partition coefficient (Wildman–Crippen LogP) is 4.04. The monoisotopic (exact) mass is 275 g/mol. The summed E-state index contributed by atoms with van der Waals surface area (Å²) < 4.78 is 0. The van der Waals surface area contributed by atoms with E-state index in [-0.39, 0.29) is 10.9 Å². The average Bonchev–Trinajstić information content (AvgIpc) is 2.40. The Morgan fingerprint density at radius 3 is 2.58 bits per heavy atom. The number of likely N-dealkylation sites (N-methyl/N-ethyl adjacent to an activating group) is 1. The van der Waals surface area contributed by atoms with E-state index < -0.39 is 0 Å². The van der Waals surface area contributed by atoms with E-state index in [4.69, 9.17) is 11.6 Å². The van der Waals surface area contributed by atoms with Crippen molar-refractivity contribution in [3.8, 4) is 0 Å². The van der Waals surface area contributed by atoms with E-state index in [9.17, 15) is 0 Å². The molecule has 0 fully saturated rings. The molecular weight excluding hydrogens is 254 g/mol. The van der Waals surface area contributed by atoms with Crippen LogP contribution >= 0.6 is 11.6 Å². The molecule has 1 aliphatic rings. The Hall–Kier alpha value is -1.05. The number of alkyl halides is 1. The summed E-state index contributed by atoms with van der Waals surface area (Å²) in [7, 11) is 4.17. The third-order valence-corrected chi connectivity index (χ3v) is 4.23. The van der Waals surface area contributed by atoms with Crippen LogP contribution in [0.3, 0.4) is 0 Å². The minimum absolute atomic E-state index is 0.271. The molecule has 2 atom stereocenters. The molecule has 102 valence electrons. The summed E-state index contributed by atoms with van der Waals surface area (Å²) in [6.45, 7) is 0. The summed E-state index contributed by atoms with van der Waals surface area (Å²) in [6, 6.07) is 10.9. The van der Waals surface area contributed by atoms with E-state index >= 15 is 0 Å². The molecule has 2 heteroatoms. The minimum atomic E-state index is -0.271. The molecule has 0 spiro atoms. The summed E-state index contributed by atoms with van der Waals surface area (Å²) in [6.07, 6.45) is 11.7. The maximum atomic E-state index is 6.82. The van der Waals surface area contributed by atoms with Crippen LogP contribution in [0.2, 0.25) is 0 Å². The van der Waals surface area contributed by atoms with E-state index in [2.05, 4.69) is 73.6 Å². The Morgan fingerprint density at radius 1 is 1.16 bits per heavy atom. The van der Waals surface area contributed by atoms with Crippen molar-refractivity contribution in [1.82, 2.24) is 4.90 Å². The van der Waals surface area contributed by atoms with Crippen LogP contribution in [-0.2, 0) is 6.42 Å².